The second-order valence-electron chi connectivity index (χ2n) is 6.19. The summed E-state index contributed by atoms with van der Waals surface area (Å²) in [6.45, 7) is 9.17. The third-order valence-corrected chi connectivity index (χ3v) is 4.65. The Kier molecular flexibility index (Phi) is 7.34. The lowest BCUT2D eigenvalue weighted by atomic mass is 10.1. The van der Waals surface area contributed by atoms with Crippen molar-refractivity contribution in [3.63, 3.8) is 0 Å². The third kappa shape index (κ3) is 5.80. The number of rotatable bonds is 7. The van der Waals surface area contributed by atoms with Crippen LogP contribution in [0.25, 0.3) is 0 Å². The monoisotopic (exact) mass is 360 g/mol. The first-order valence-electron chi connectivity index (χ1n) is 8.75. The van der Waals surface area contributed by atoms with Crippen molar-refractivity contribution in [2.45, 2.75) is 26.8 Å². The van der Waals surface area contributed by atoms with E-state index in [0.29, 0.717) is 16.4 Å². The first-order valence-corrected chi connectivity index (χ1v) is 9.16. The minimum atomic E-state index is -0.236. The Bertz CT molecular complexity index is 687. The Morgan fingerprint density at radius 2 is 1.80 bits per heavy atom. The van der Waals surface area contributed by atoms with Crippen LogP contribution in [0.2, 0.25) is 0 Å². The van der Waals surface area contributed by atoms with Crippen LogP contribution in [0, 0.1) is 12.7 Å². The Balaban J connectivity index is 2.09. The highest BCUT2D eigenvalue weighted by Gasteiger charge is 2.18. The van der Waals surface area contributed by atoms with E-state index in [1.165, 1.54) is 16.5 Å². The van der Waals surface area contributed by atoms with E-state index in [0.717, 1.165) is 19.6 Å². The molecule has 0 fully saturated rings. The van der Waals surface area contributed by atoms with Crippen LogP contribution in [0.3, 0.4) is 0 Å². The maximum atomic E-state index is 13.7. The number of anilines is 1. The van der Waals surface area contributed by atoms with Crippen LogP contribution >= 0.6 is 12.2 Å². The average molecular weight is 361 g/mol. The number of halogens is 1. The van der Waals surface area contributed by atoms with Crippen LogP contribution in [-0.4, -0.2) is 24.7 Å². The van der Waals surface area contributed by atoms with E-state index in [2.05, 4.69) is 36.6 Å². The number of hydrogen-bond acceptors (Lipinski definition) is 1. The van der Waals surface area contributed by atoms with Gasteiger partial charge in [0.25, 0.3) is 0 Å². The molecule has 0 unspecified atom stereocenters. The molecule has 0 saturated heterocycles. The molecule has 0 spiro atoms. The summed E-state index contributed by atoms with van der Waals surface area (Å²) in [5, 5.41) is 6.99. The molecule has 0 radical (unpaired) electrons. The average Bonchev–Trinajstić information content (AvgIpc) is 2.62. The molecule has 5 heteroatoms. The molecule has 25 heavy (non-hydrogen) atoms. The van der Waals surface area contributed by atoms with E-state index in [4.69, 9.17) is 12.2 Å². The summed E-state index contributed by atoms with van der Waals surface area (Å²) in [6, 6.07) is 15.4. The predicted octanol–water partition coefficient (Wildman–Crippen LogP) is 3.09. The Morgan fingerprint density at radius 3 is 2.40 bits per heavy atom. The van der Waals surface area contributed by atoms with Crippen LogP contribution in [-0.2, 0) is 0 Å². The molecule has 2 aromatic rings. The molecule has 134 valence electrons. The molecule has 0 aliphatic carbocycles. The van der Waals surface area contributed by atoms with Gasteiger partial charge in [0.2, 0.25) is 0 Å². The van der Waals surface area contributed by atoms with Crippen LogP contribution < -0.4 is 15.5 Å². The van der Waals surface area contributed by atoms with Crippen LogP contribution in [0.15, 0.2) is 48.5 Å². The SMILES string of the molecule is CC[NH+](CC)C[C@@H](NC(=S)Nc1ccc(C)c(F)c1)c1ccccc1. The topological polar surface area (TPSA) is 28.5 Å². The molecule has 0 aromatic heterocycles. The first kappa shape index (κ1) is 19.3. The zero-order chi connectivity index (χ0) is 18.2. The van der Waals surface area contributed by atoms with Crippen molar-refractivity contribution in [1.29, 1.82) is 0 Å². The van der Waals surface area contributed by atoms with Crippen molar-refractivity contribution in [3.05, 3.63) is 65.5 Å². The molecular weight excluding hydrogens is 333 g/mol. The van der Waals surface area contributed by atoms with Gasteiger partial charge in [0.05, 0.1) is 13.1 Å². The molecule has 3 N–H and O–H groups in total. The number of hydrogen-bond donors (Lipinski definition) is 3. The lowest BCUT2D eigenvalue weighted by Crippen LogP contribution is -3.12. The minimum absolute atomic E-state index is 0.103. The van der Waals surface area contributed by atoms with Gasteiger partial charge < -0.3 is 15.5 Å². The van der Waals surface area contributed by atoms with Gasteiger partial charge in [0.1, 0.15) is 18.4 Å². The normalized spacial score (nSPS) is 12.0. The number of likely N-dealkylation sites (N-methyl/N-ethyl adjacent to an activating group) is 1. The van der Waals surface area contributed by atoms with Crippen molar-refractivity contribution in [1.82, 2.24) is 5.32 Å². The molecule has 0 amide bonds. The van der Waals surface area contributed by atoms with Gasteiger partial charge in [-0.15, -0.1) is 0 Å². The van der Waals surface area contributed by atoms with Crippen molar-refractivity contribution in [3.8, 4) is 0 Å². The highest BCUT2D eigenvalue weighted by molar-refractivity contribution is 7.80. The van der Waals surface area contributed by atoms with Gasteiger partial charge in [-0.1, -0.05) is 36.4 Å². The summed E-state index contributed by atoms with van der Waals surface area (Å²) in [7, 11) is 0. The zero-order valence-electron chi connectivity index (χ0n) is 15.1. The van der Waals surface area contributed by atoms with Gasteiger partial charge in [0.15, 0.2) is 5.11 Å². The van der Waals surface area contributed by atoms with Crippen molar-refractivity contribution < 1.29 is 9.29 Å². The van der Waals surface area contributed by atoms with Gasteiger partial charge in [0, 0.05) is 5.69 Å². The molecule has 0 heterocycles. The molecule has 0 saturated carbocycles. The molecule has 2 rings (SSSR count). The Labute approximate surface area is 155 Å². The summed E-state index contributed by atoms with van der Waals surface area (Å²) in [5.41, 5.74) is 2.47. The van der Waals surface area contributed by atoms with Crippen molar-refractivity contribution in [2.75, 3.05) is 25.0 Å². The third-order valence-electron chi connectivity index (χ3n) is 4.43. The fraction of sp³-hybridized carbons (Fsp3) is 0.350. The van der Waals surface area contributed by atoms with Crippen LogP contribution in [0.1, 0.15) is 31.0 Å². The van der Waals surface area contributed by atoms with Crippen LogP contribution in [0.4, 0.5) is 10.1 Å². The fourth-order valence-electron chi connectivity index (χ4n) is 2.76. The molecule has 0 bridgehead atoms. The molecular formula is C20H27FN3S+. The number of nitrogens with one attached hydrogen (secondary N) is 3. The summed E-state index contributed by atoms with van der Waals surface area (Å²) in [4.78, 5) is 1.49. The molecule has 2 aromatic carbocycles. The molecule has 0 aliphatic rings. The quantitative estimate of drug-likeness (QED) is 0.663. The molecule has 3 nitrogen and oxygen atoms in total. The zero-order valence-corrected chi connectivity index (χ0v) is 15.9. The van der Waals surface area contributed by atoms with E-state index in [9.17, 15) is 4.39 Å². The van der Waals surface area contributed by atoms with E-state index in [1.807, 2.05) is 24.3 Å². The Morgan fingerprint density at radius 1 is 1.12 bits per heavy atom. The van der Waals surface area contributed by atoms with E-state index < -0.39 is 0 Å². The summed E-state index contributed by atoms with van der Waals surface area (Å²) in [5.74, 6) is -0.236. The van der Waals surface area contributed by atoms with Gasteiger partial charge in [-0.2, -0.15) is 0 Å². The maximum Gasteiger partial charge on any atom is 0.171 e. The summed E-state index contributed by atoms with van der Waals surface area (Å²) >= 11 is 5.46. The lowest BCUT2D eigenvalue weighted by Gasteiger charge is -2.25. The second-order valence-corrected chi connectivity index (χ2v) is 6.60. The fourth-order valence-corrected chi connectivity index (χ4v) is 3.02. The van der Waals surface area contributed by atoms with Gasteiger partial charge in [-0.25, -0.2) is 4.39 Å². The van der Waals surface area contributed by atoms with Crippen molar-refractivity contribution in [2.24, 2.45) is 0 Å². The number of aryl methyl sites for hydroxylation is 1. The molecule has 0 aliphatic heterocycles. The van der Waals surface area contributed by atoms with Crippen LogP contribution in [0.5, 0.6) is 0 Å². The highest BCUT2D eigenvalue weighted by Crippen LogP contribution is 2.15. The lowest BCUT2D eigenvalue weighted by molar-refractivity contribution is -0.898. The largest absolute Gasteiger partial charge is 0.350 e. The first-order chi connectivity index (χ1) is 12.0. The van der Waals surface area contributed by atoms with Gasteiger partial charge >= 0.3 is 0 Å². The summed E-state index contributed by atoms with van der Waals surface area (Å²) < 4.78 is 13.7. The predicted molar refractivity (Wildman–Crippen MR) is 107 cm³/mol. The second kappa shape index (κ2) is 9.49. The number of benzene rings is 2. The standard InChI is InChI=1S/C20H26FN3S/c1-4-24(5-2)14-19(16-9-7-6-8-10-16)23-20(25)22-17-12-11-15(3)18(21)13-17/h6-13,19H,4-5,14H2,1-3H3,(H2,22,23,25)/p+1/t19-/m1/s1. The summed E-state index contributed by atoms with van der Waals surface area (Å²) in [6.07, 6.45) is 0. The number of thiocarbonyl (C=S) groups is 1. The maximum absolute atomic E-state index is 13.7. The van der Waals surface area contributed by atoms with Gasteiger partial charge in [-0.05, 0) is 56.2 Å². The van der Waals surface area contributed by atoms with E-state index >= 15 is 0 Å². The van der Waals surface area contributed by atoms with E-state index in [1.54, 1.807) is 13.0 Å². The minimum Gasteiger partial charge on any atom is -0.350 e. The number of quaternary nitrogens is 1. The highest BCUT2D eigenvalue weighted by atomic mass is 32.1. The van der Waals surface area contributed by atoms with Gasteiger partial charge in [-0.3, -0.25) is 0 Å². The van der Waals surface area contributed by atoms with Crippen molar-refractivity contribution >= 4 is 23.0 Å². The molecule has 1 atom stereocenters. The Hall–Kier alpha value is -1.98. The van der Waals surface area contributed by atoms with E-state index in [-0.39, 0.29) is 11.9 Å². The smallest absolute Gasteiger partial charge is 0.171 e.